The maximum absolute atomic E-state index is 12.5. The summed E-state index contributed by atoms with van der Waals surface area (Å²) >= 11 is 6.07. The quantitative estimate of drug-likeness (QED) is 0.775. The predicted molar refractivity (Wildman–Crippen MR) is 98.7 cm³/mol. The molecular weight excluding hydrogens is 360 g/mol. The maximum Gasteiger partial charge on any atom is 0.241 e. The molecule has 5 nitrogen and oxygen atoms in total. The van der Waals surface area contributed by atoms with Crippen molar-refractivity contribution < 1.29 is 13.2 Å². The Balaban J connectivity index is 2.10. The number of sulfonamides is 1. The van der Waals surface area contributed by atoms with Crippen LogP contribution in [0.2, 0.25) is 5.02 Å². The second kappa shape index (κ2) is 8.47. The van der Waals surface area contributed by atoms with E-state index >= 15 is 0 Å². The van der Waals surface area contributed by atoms with E-state index in [-0.39, 0.29) is 17.4 Å². The van der Waals surface area contributed by atoms with Gasteiger partial charge in [-0.05, 0) is 29.7 Å². The zero-order valence-corrected chi connectivity index (χ0v) is 15.6. The standard InChI is InChI=1S/C18H21ClN2O3S/c1-13(2)17(21-25(23,24)15-9-4-3-5-10-15)18(22)20-12-14-8-6-7-11-16(14)19/h3-11,13,17,21H,12H2,1-2H3,(H,20,22)/t17-/m1/s1. The lowest BCUT2D eigenvalue weighted by atomic mass is 10.0. The third-order valence-electron chi connectivity index (χ3n) is 3.70. The summed E-state index contributed by atoms with van der Waals surface area (Å²) in [5.74, 6) is -0.612. The molecule has 134 valence electrons. The minimum absolute atomic E-state index is 0.125. The van der Waals surface area contributed by atoms with Gasteiger partial charge in [0.1, 0.15) is 6.04 Å². The largest absolute Gasteiger partial charge is 0.351 e. The van der Waals surface area contributed by atoms with Crippen LogP contribution in [-0.2, 0) is 21.4 Å². The molecule has 2 aromatic carbocycles. The number of amides is 1. The van der Waals surface area contributed by atoms with Crippen LogP contribution in [0.5, 0.6) is 0 Å². The molecule has 1 amide bonds. The van der Waals surface area contributed by atoms with Crippen molar-refractivity contribution in [2.45, 2.75) is 31.3 Å². The van der Waals surface area contributed by atoms with E-state index in [2.05, 4.69) is 10.0 Å². The third-order valence-corrected chi connectivity index (χ3v) is 5.52. The molecule has 0 radical (unpaired) electrons. The molecule has 2 aromatic rings. The molecule has 2 N–H and O–H groups in total. The van der Waals surface area contributed by atoms with Crippen LogP contribution >= 0.6 is 11.6 Å². The summed E-state index contributed by atoms with van der Waals surface area (Å²) in [5, 5.41) is 3.29. The highest BCUT2D eigenvalue weighted by Crippen LogP contribution is 2.15. The molecule has 2 rings (SSSR count). The van der Waals surface area contributed by atoms with Crippen LogP contribution < -0.4 is 10.0 Å². The van der Waals surface area contributed by atoms with Gasteiger partial charge in [-0.25, -0.2) is 8.42 Å². The van der Waals surface area contributed by atoms with Gasteiger partial charge in [-0.1, -0.05) is 61.8 Å². The van der Waals surface area contributed by atoms with Crippen molar-refractivity contribution in [1.82, 2.24) is 10.0 Å². The average molecular weight is 381 g/mol. The van der Waals surface area contributed by atoms with E-state index in [1.165, 1.54) is 12.1 Å². The minimum Gasteiger partial charge on any atom is -0.351 e. The second-order valence-corrected chi connectivity index (χ2v) is 8.09. The van der Waals surface area contributed by atoms with Gasteiger partial charge in [-0.3, -0.25) is 4.79 Å². The Morgan fingerprint density at radius 1 is 1.04 bits per heavy atom. The fraction of sp³-hybridized carbons (Fsp3) is 0.278. The molecule has 0 aromatic heterocycles. The van der Waals surface area contributed by atoms with E-state index in [1.807, 2.05) is 6.07 Å². The number of hydrogen-bond donors (Lipinski definition) is 2. The Kier molecular flexibility index (Phi) is 6.58. The predicted octanol–water partition coefficient (Wildman–Crippen LogP) is 2.96. The van der Waals surface area contributed by atoms with Crippen LogP contribution in [0, 0.1) is 5.92 Å². The van der Waals surface area contributed by atoms with E-state index in [0.29, 0.717) is 5.02 Å². The molecule has 0 bridgehead atoms. The van der Waals surface area contributed by atoms with Crippen LogP contribution in [0.3, 0.4) is 0 Å². The molecule has 0 saturated carbocycles. The Morgan fingerprint density at radius 3 is 2.24 bits per heavy atom. The number of nitrogens with one attached hydrogen (secondary N) is 2. The van der Waals surface area contributed by atoms with Crippen LogP contribution in [0.1, 0.15) is 19.4 Å². The molecule has 0 aliphatic heterocycles. The molecule has 0 spiro atoms. The second-order valence-electron chi connectivity index (χ2n) is 5.97. The monoisotopic (exact) mass is 380 g/mol. The van der Waals surface area contributed by atoms with Gasteiger partial charge in [0.2, 0.25) is 15.9 Å². The molecule has 0 aliphatic rings. The highest BCUT2D eigenvalue weighted by atomic mass is 35.5. The Morgan fingerprint density at radius 2 is 1.64 bits per heavy atom. The lowest BCUT2D eigenvalue weighted by Crippen LogP contribution is -2.49. The van der Waals surface area contributed by atoms with Gasteiger partial charge < -0.3 is 5.32 Å². The molecule has 0 heterocycles. The zero-order valence-electron chi connectivity index (χ0n) is 14.1. The van der Waals surface area contributed by atoms with Crippen molar-refractivity contribution >= 4 is 27.5 Å². The lowest BCUT2D eigenvalue weighted by molar-refractivity contribution is -0.123. The fourth-order valence-corrected chi connectivity index (χ4v) is 3.83. The first kappa shape index (κ1) is 19.4. The van der Waals surface area contributed by atoms with E-state index in [1.54, 1.807) is 50.2 Å². The summed E-state index contributed by atoms with van der Waals surface area (Å²) in [7, 11) is -3.78. The SMILES string of the molecule is CC(C)[C@@H](NS(=O)(=O)c1ccccc1)C(=O)NCc1ccccc1Cl. The topological polar surface area (TPSA) is 75.3 Å². The molecule has 0 unspecified atom stereocenters. The van der Waals surface area contributed by atoms with Gasteiger partial charge >= 0.3 is 0 Å². The van der Waals surface area contributed by atoms with Gasteiger partial charge in [0, 0.05) is 11.6 Å². The van der Waals surface area contributed by atoms with Gasteiger partial charge in [-0.15, -0.1) is 0 Å². The van der Waals surface area contributed by atoms with E-state index in [0.717, 1.165) is 5.56 Å². The summed E-state index contributed by atoms with van der Waals surface area (Å²) in [6.07, 6.45) is 0. The van der Waals surface area contributed by atoms with E-state index in [4.69, 9.17) is 11.6 Å². The molecule has 0 saturated heterocycles. The van der Waals surface area contributed by atoms with Crippen LogP contribution in [0.25, 0.3) is 0 Å². The first-order valence-electron chi connectivity index (χ1n) is 7.90. The molecule has 0 aliphatic carbocycles. The highest BCUT2D eigenvalue weighted by molar-refractivity contribution is 7.89. The average Bonchev–Trinajstić information content (AvgIpc) is 2.59. The molecule has 7 heteroatoms. The number of halogens is 1. The number of carbonyl (C=O) groups excluding carboxylic acids is 1. The van der Waals surface area contributed by atoms with Crippen molar-refractivity contribution in [3.05, 3.63) is 65.2 Å². The summed E-state index contributed by atoms with van der Waals surface area (Å²) in [4.78, 5) is 12.6. The number of benzene rings is 2. The summed E-state index contributed by atoms with van der Waals surface area (Å²) in [6.45, 7) is 3.80. The molecule has 25 heavy (non-hydrogen) atoms. The van der Waals surface area contributed by atoms with Crippen molar-refractivity contribution in [2.24, 2.45) is 5.92 Å². The summed E-state index contributed by atoms with van der Waals surface area (Å²) < 4.78 is 27.4. The fourth-order valence-electron chi connectivity index (χ4n) is 2.26. The minimum atomic E-state index is -3.78. The molecular formula is C18H21ClN2O3S. The molecule has 1 atom stereocenters. The lowest BCUT2D eigenvalue weighted by Gasteiger charge is -2.22. The van der Waals surface area contributed by atoms with Crippen LogP contribution in [0.4, 0.5) is 0 Å². The highest BCUT2D eigenvalue weighted by Gasteiger charge is 2.28. The van der Waals surface area contributed by atoms with Crippen molar-refractivity contribution in [3.63, 3.8) is 0 Å². The zero-order chi connectivity index (χ0) is 18.4. The normalized spacial score (nSPS) is 12.8. The Bertz CT molecular complexity index is 823. The van der Waals surface area contributed by atoms with Crippen LogP contribution in [-0.4, -0.2) is 20.4 Å². The maximum atomic E-state index is 12.5. The van der Waals surface area contributed by atoms with Gasteiger partial charge in [0.25, 0.3) is 0 Å². The number of hydrogen-bond acceptors (Lipinski definition) is 3. The summed E-state index contributed by atoms with van der Waals surface area (Å²) in [6, 6.07) is 14.3. The smallest absolute Gasteiger partial charge is 0.241 e. The van der Waals surface area contributed by atoms with Crippen molar-refractivity contribution in [2.75, 3.05) is 0 Å². The van der Waals surface area contributed by atoms with Crippen LogP contribution in [0.15, 0.2) is 59.5 Å². The third kappa shape index (κ3) is 5.29. The van der Waals surface area contributed by atoms with Crippen molar-refractivity contribution in [3.8, 4) is 0 Å². The first-order valence-corrected chi connectivity index (χ1v) is 9.76. The Labute approximate surface area is 153 Å². The first-order chi connectivity index (χ1) is 11.8. The number of rotatable bonds is 7. The van der Waals surface area contributed by atoms with Gasteiger partial charge in [-0.2, -0.15) is 4.72 Å². The van der Waals surface area contributed by atoms with Gasteiger partial charge in [0.15, 0.2) is 0 Å². The number of carbonyl (C=O) groups is 1. The summed E-state index contributed by atoms with van der Waals surface area (Å²) in [5.41, 5.74) is 0.769. The Hall–Kier alpha value is -1.89. The molecule has 0 fully saturated rings. The van der Waals surface area contributed by atoms with Crippen molar-refractivity contribution in [1.29, 1.82) is 0 Å². The van der Waals surface area contributed by atoms with E-state index in [9.17, 15) is 13.2 Å². The van der Waals surface area contributed by atoms with E-state index < -0.39 is 22.0 Å². The van der Waals surface area contributed by atoms with Gasteiger partial charge in [0.05, 0.1) is 4.90 Å².